The standard InChI is InChI=1S/C13H14BrClFN/c1-3-9-4-5-11(16)10(6-9)13(17)12(14)8(2)7-15/h4-6,17H,3,7H2,1-2H3/b12-8-,17-13?. The van der Waals surface area contributed by atoms with E-state index >= 15 is 0 Å². The summed E-state index contributed by atoms with van der Waals surface area (Å²) >= 11 is 8.99. The molecule has 1 nitrogen and oxygen atoms in total. The van der Waals surface area contributed by atoms with Gasteiger partial charge in [-0.2, -0.15) is 0 Å². The molecule has 0 saturated heterocycles. The van der Waals surface area contributed by atoms with Gasteiger partial charge >= 0.3 is 0 Å². The normalized spacial score (nSPS) is 12.3. The van der Waals surface area contributed by atoms with Crippen LogP contribution in [0.2, 0.25) is 0 Å². The van der Waals surface area contributed by atoms with Gasteiger partial charge in [0.1, 0.15) is 5.82 Å². The maximum Gasteiger partial charge on any atom is 0.132 e. The van der Waals surface area contributed by atoms with Gasteiger partial charge in [0.25, 0.3) is 0 Å². The number of benzene rings is 1. The summed E-state index contributed by atoms with van der Waals surface area (Å²) in [5, 5.41) is 7.98. The Kier molecular flexibility index (Phi) is 5.34. The fraction of sp³-hybridized carbons (Fsp3) is 0.308. The van der Waals surface area contributed by atoms with Gasteiger partial charge in [0.2, 0.25) is 0 Å². The highest BCUT2D eigenvalue weighted by molar-refractivity contribution is 9.12. The van der Waals surface area contributed by atoms with Crippen LogP contribution in [0.5, 0.6) is 0 Å². The highest BCUT2D eigenvalue weighted by Crippen LogP contribution is 2.22. The van der Waals surface area contributed by atoms with E-state index in [1.54, 1.807) is 12.1 Å². The van der Waals surface area contributed by atoms with E-state index in [1.807, 2.05) is 13.8 Å². The molecule has 1 N–H and O–H groups in total. The van der Waals surface area contributed by atoms with Gasteiger partial charge in [-0.3, -0.25) is 5.41 Å². The Labute approximate surface area is 114 Å². The molecule has 0 aliphatic rings. The Morgan fingerprint density at radius 2 is 2.12 bits per heavy atom. The molecule has 0 aliphatic heterocycles. The summed E-state index contributed by atoms with van der Waals surface area (Å²) in [5.41, 5.74) is 2.27. The van der Waals surface area contributed by atoms with Crippen LogP contribution in [0.4, 0.5) is 4.39 Å². The lowest BCUT2D eigenvalue weighted by molar-refractivity contribution is 0.624. The monoisotopic (exact) mass is 317 g/mol. The van der Waals surface area contributed by atoms with Crippen molar-refractivity contribution in [2.24, 2.45) is 0 Å². The van der Waals surface area contributed by atoms with E-state index in [4.69, 9.17) is 17.0 Å². The lowest BCUT2D eigenvalue weighted by Crippen LogP contribution is -2.05. The first-order chi connectivity index (χ1) is 8.01. The van der Waals surface area contributed by atoms with Crippen molar-refractivity contribution in [3.05, 3.63) is 45.2 Å². The first-order valence-corrected chi connectivity index (χ1v) is 6.62. The Hall–Kier alpha value is -0.670. The summed E-state index contributed by atoms with van der Waals surface area (Å²) in [6.45, 7) is 3.81. The number of hydrogen-bond acceptors (Lipinski definition) is 1. The molecular formula is C13H14BrClFN. The lowest BCUT2D eigenvalue weighted by atomic mass is 10.0. The second-order valence-corrected chi connectivity index (χ2v) is 4.83. The summed E-state index contributed by atoms with van der Waals surface area (Å²) in [4.78, 5) is 0. The van der Waals surface area contributed by atoms with E-state index in [0.717, 1.165) is 17.6 Å². The van der Waals surface area contributed by atoms with Gasteiger partial charge in [-0.25, -0.2) is 4.39 Å². The van der Waals surface area contributed by atoms with Gasteiger partial charge in [0, 0.05) is 15.9 Å². The Morgan fingerprint density at radius 1 is 1.47 bits per heavy atom. The fourth-order valence-corrected chi connectivity index (χ4v) is 2.02. The summed E-state index contributed by atoms with van der Waals surface area (Å²) in [7, 11) is 0. The van der Waals surface area contributed by atoms with E-state index in [-0.39, 0.29) is 11.5 Å². The van der Waals surface area contributed by atoms with Crippen LogP contribution in [-0.4, -0.2) is 11.6 Å². The fourth-order valence-electron chi connectivity index (χ4n) is 1.37. The number of nitrogens with one attached hydrogen (secondary N) is 1. The number of allylic oxidation sites excluding steroid dienone is 2. The summed E-state index contributed by atoms with van der Waals surface area (Å²) in [6, 6.07) is 4.84. The third-order valence-corrected chi connectivity index (χ3v) is 3.98. The SMILES string of the molecule is CCc1ccc(F)c(C(=N)/C(Br)=C(\C)CCl)c1. The molecule has 0 fully saturated rings. The zero-order valence-electron chi connectivity index (χ0n) is 9.78. The van der Waals surface area contributed by atoms with Gasteiger partial charge < -0.3 is 0 Å². The summed E-state index contributed by atoms with van der Waals surface area (Å²) < 4.78 is 14.2. The largest absolute Gasteiger partial charge is 0.299 e. The Morgan fingerprint density at radius 3 is 2.65 bits per heavy atom. The molecule has 4 heteroatoms. The van der Waals surface area contributed by atoms with Crippen molar-refractivity contribution in [3.63, 3.8) is 0 Å². The van der Waals surface area contributed by atoms with Crippen LogP contribution in [0.15, 0.2) is 28.3 Å². The minimum atomic E-state index is -0.383. The second kappa shape index (κ2) is 6.31. The number of rotatable bonds is 4. The van der Waals surface area contributed by atoms with E-state index in [2.05, 4.69) is 15.9 Å². The van der Waals surface area contributed by atoms with Crippen molar-refractivity contribution in [2.75, 3.05) is 5.88 Å². The average Bonchev–Trinajstić information content (AvgIpc) is 2.36. The molecular weight excluding hydrogens is 305 g/mol. The van der Waals surface area contributed by atoms with Crippen LogP contribution in [-0.2, 0) is 6.42 Å². The van der Waals surface area contributed by atoms with Crippen molar-refractivity contribution in [2.45, 2.75) is 20.3 Å². The average molecular weight is 319 g/mol. The van der Waals surface area contributed by atoms with Gasteiger partial charge in [-0.15, -0.1) is 11.6 Å². The molecule has 0 aliphatic carbocycles. The third-order valence-electron chi connectivity index (χ3n) is 2.50. The van der Waals surface area contributed by atoms with Crippen molar-refractivity contribution in [1.29, 1.82) is 5.41 Å². The smallest absolute Gasteiger partial charge is 0.132 e. The molecule has 1 aromatic carbocycles. The van der Waals surface area contributed by atoms with Gasteiger partial charge in [0.15, 0.2) is 0 Å². The van der Waals surface area contributed by atoms with Crippen LogP contribution >= 0.6 is 27.5 Å². The molecule has 1 aromatic rings. The van der Waals surface area contributed by atoms with E-state index < -0.39 is 0 Å². The van der Waals surface area contributed by atoms with Crippen LogP contribution in [0.1, 0.15) is 25.0 Å². The first kappa shape index (κ1) is 14.4. The minimum Gasteiger partial charge on any atom is -0.299 e. The number of hydrogen-bond donors (Lipinski definition) is 1. The summed E-state index contributed by atoms with van der Waals surface area (Å²) in [6.07, 6.45) is 0.816. The minimum absolute atomic E-state index is 0.135. The van der Waals surface area contributed by atoms with Gasteiger partial charge in [-0.1, -0.05) is 13.0 Å². The highest BCUT2D eigenvalue weighted by atomic mass is 79.9. The molecule has 0 aromatic heterocycles. The maximum atomic E-state index is 13.7. The van der Waals surface area contributed by atoms with Crippen LogP contribution in [0.25, 0.3) is 0 Å². The molecule has 0 spiro atoms. The van der Waals surface area contributed by atoms with E-state index in [0.29, 0.717) is 15.9 Å². The lowest BCUT2D eigenvalue weighted by Gasteiger charge is -2.09. The third kappa shape index (κ3) is 3.39. The molecule has 0 amide bonds. The number of aryl methyl sites for hydroxylation is 1. The molecule has 0 saturated carbocycles. The quantitative estimate of drug-likeness (QED) is 0.616. The zero-order chi connectivity index (χ0) is 13.0. The highest BCUT2D eigenvalue weighted by Gasteiger charge is 2.13. The van der Waals surface area contributed by atoms with E-state index in [1.165, 1.54) is 6.07 Å². The van der Waals surface area contributed by atoms with Crippen LogP contribution in [0, 0.1) is 11.2 Å². The molecule has 0 bridgehead atoms. The first-order valence-electron chi connectivity index (χ1n) is 5.30. The van der Waals surface area contributed by atoms with Crippen molar-refractivity contribution in [1.82, 2.24) is 0 Å². The Bertz CT molecular complexity index is 468. The molecule has 0 heterocycles. The topological polar surface area (TPSA) is 23.9 Å². The number of halogens is 3. The second-order valence-electron chi connectivity index (χ2n) is 3.77. The van der Waals surface area contributed by atoms with Crippen molar-refractivity contribution in [3.8, 4) is 0 Å². The maximum absolute atomic E-state index is 13.7. The summed E-state index contributed by atoms with van der Waals surface area (Å²) in [5.74, 6) is -0.0653. The predicted molar refractivity (Wildman–Crippen MR) is 75.0 cm³/mol. The molecule has 92 valence electrons. The molecule has 17 heavy (non-hydrogen) atoms. The molecule has 0 unspecified atom stereocenters. The zero-order valence-corrected chi connectivity index (χ0v) is 12.1. The predicted octanol–water partition coefficient (Wildman–Crippen LogP) is 4.66. The van der Waals surface area contributed by atoms with Gasteiger partial charge in [0.05, 0.1) is 5.71 Å². The molecule has 1 rings (SSSR count). The molecule has 0 atom stereocenters. The van der Waals surface area contributed by atoms with Crippen molar-refractivity contribution < 1.29 is 4.39 Å². The van der Waals surface area contributed by atoms with E-state index in [9.17, 15) is 4.39 Å². The van der Waals surface area contributed by atoms with Crippen LogP contribution in [0.3, 0.4) is 0 Å². The van der Waals surface area contributed by atoms with Crippen LogP contribution < -0.4 is 0 Å². The van der Waals surface area contributed by atoms with Crippen molar-refractivity contribution >= 4 is 33.2 Å². The molecule has 0 radical (unpaired) electrons. The van der Waals surface area contributed by atoms with Gasteiger partial charge in [-0.05, 0) is 52.5 Å². The number of alkyl halides is 1. The Balaban J connectivity index is 3.21.